The van der Waals surface area contributed by atoms with Crippen molar-refractivity contribution in [1.82, 2.24) is 4.98 Å². The van der Waals surface area contributed by atoms with E-state index in [1.165, 1.54) is 13.2 Å². The van der Waals surface area contributed by atoms with E-state index in [0.717, 1.165) is 0 Å². The number of aromatic nitrogens is 1. The molecule has 4 rings (SSSR count). The third-order valence-electron chi connectivity index (χ3n) is 4.61. The van der Waals surface area contributed by atoms with Crippen LogP contribution in [0.2, 0.25) is 0 Å². The molecule has 4 aromatic rings. The van der Waals surface area contributed by atoms with Gasteiger partial charge in [-0.15, -0.1) is 0 Å². The highest BCUT2D eigenvalue weighted by molar-refractivity contribution is 6.03. The SMILES string of the molecule is COC(=O)c1ccccc1-c1ccc(/C=C/c2cc(C(=O)O)c3ccccc3n2)o1. The molecule has 6 heteroatoms. The van der Waals surface area contributed by atoms with Crippen molar-refractivity contribution < 1.29 is 23.8 Å². The first-order valence-electron chi connectivity index (χ1n) is 9.15. The predicted molar refractivity (Wildman–Crippen MR) is 113 cm³/mol. The number of hydrogen-bond donors (Lipinski definition) is 1. The van der Waals surface area contributed by atoms with Crippen molar-refractivity contribution in [3.63, 3.8) is 0 Å². The van der Waals surface area contributed by atoms with Crippen LogP contribution in [0.15, 0.2) is 71.1 Å². The number of esters is 1. The summed E-state index contributed by atoms with van der Waals surface area (Å²) in [7, 11) is 1.33. The van der Waals surface area contributed by atoms with Gasteiger partial charge in [-0.2, -0.15) is 0 Å². The lowest BCUT2D eigenvalue weighted by Gasteiger charge is -2.05. The molecular weight excluding hydrogens is 382 g/mol. The Kier molecular flexibility index (Phi) is 5.13. The Morgan fingerprint density at radius 2 is 1.73 bits per heavy atom. The lowest BCUT2D eigenvalue weighted by Crippen LogP contribution is -2.02. The summed E-state index contributed by atoms with van der Waals surface area (Å²) in [5.74, 6) is -0.395. The molecule has 0 saturated heterocycles. The number of carbonyl (C=O) groups excluding carboxylic acids is 1. The van der Waals surface area contributed by atoms with Crippen molar-refractivity contribution >= 4 is 35.0 Å². The number of pyridine rings is 1. The largest absolute Gasteiger partial charge is 0.478 e. The summed E-state index contributed by atoms with van der Waals surface area (Å²) in [4.78, 5) is 28.1. The number of carbonyl (C=O) groups is 2. The van der Waals surface area contributed by atoms with E-state index in [-0.39, 0.29) is 5.56 Å². The lowest BCUT2D eigenvalue weighted by molar-refractivity contribution is 0.0600. The molecule has 0 bridgehead atoms. The molecule has 0 unspecified atom stereocenters. The Morgan fingerprint density at radius 3 is 2.53 bits per heavy atom. The van der Waals surface area contributed by atoms with E-state index < -0.39 is 11.9 Å². The normalized spacial score (nSPS) is 11.1. The van der Waals surface area contributed by atoms with Gasteiger partial charge in [0.25, 0.3) is 0 Å². The van der Waals surface area contributed by atoms with Crippen LogP contribution in [0, 0.1) is 0 Å². The zero-order valence-corrected chi connectivity index (χ0v) is 16.0. The fourth-order valence-corrected chi connectivity index (χ4v) is 3.20. The minimum absolute atomic E-state index is 0.187. The standard InChI is InChI=1S/C24H17NO5/c1-29-24(28)19-8-3-2-7-18(19)22-13-12-16(30-22)11-10-15-14-20(23(26)27)17-6-4-5-9-21(17)25-15/h2-14H,1H3,(H,26,27)/b11-10+. The molecule has 0 amide bonds. The maximum atomic E-state index is 12.0. The van der Waals surface area contributed by atoms with Crippen molar-refractivity contribution in [2.75, 3.05) is 7.11 Å². The number of fused-ring (bicyclic) bond motifs is 1. The van der Waals surface area contributed by atoms with Crippen LogP contribution >= 0.6 is 0 Å². The number of carboxylic acid groups (broad SMARTS) is 1. The summed E-state index contributed by atoms with van der Waals surface area (Å²) in [6.45, 7) is 0. The number of para-hydroxylation sites is 1. The van der Waals surface area contributed by atoms with Crippen LogP contribution in [-0.4, -0.2) is 29.1 Å². The van der Waals surface area contributed by atoms with Crippen molar-refractivity contribution in [1.29, 1.82) is 0 Å². The van der Waals surface area contributed by atoms with E-state index in [1.54, 1.807) is 60.7 Å². The number of nitrogens with zero attached hydrogens (tertiary/aromatic N) is 1. The van der Waals surface area contributed by atoms with E-state index in [4.69, 9.17) is 9.15 Å². The van der Waals surface area contributed by atoms with Crippen LogP contribution in [0.3, 0.4) is 0 Å². The molecule has 0 saturated carbocycles. The Labute approximate surface area is 172 Å². The van der Waals surface area contributed by atoms with E-state index in [1.807, 2.05) is 12.1 Å². The summed E-state index contributed by atoms with van der Waals surface area (Å²) < 4.78 is 10.7. The third kappa shape index (κ3) is 3.71. The van der Waals surface area contributed by atoms with Gasteiger partial charge in [0.1, 0.15) is 11.5 Å². The Morgan fingerprint density at radius 1 is 0.967 bits per heavy atom. The quantitative estimate of drug-likeness (QED) is 0.467. The molecule has 2 heterocycles. The number of aromatic carboxylic acids is 1. The van der Waals surface area contributed by atoms with Crippen LogP contribution in [-0.2, 0) is 4.74 Å². The number of furan rings is 1. The second-order valence-corrected chi connectivity index (χ2v) is 6.49. The molecule has 0 atom stereocenters. The van der Waals surface area contributed by atoms with Crippen molar-refractivity contribution in [2.24, 2.45) is 0 Å². The summed E-state index contributed by atoms with van der Waals surface area (Å²) in [5.41, 5.74) is 2.32. The fraction of sp³-hybridized carbons (Fsp3) is 0.0417. The van der Waals surface area contributed by atoms with Crippen molar-refractivity contribution in [3.8, 4) is 11.3 Å². The summed E-state index contributed by atoms with van der Waals surface area (Å²) in [6, 6.07) is 19.2. The molecule has 0 aliphatic carbocycles. The molecule has 0 aliphatic rings. The number of hydrogen-bond acceptors (Lipinski definition) is 5. The van der Waals surface area contributed by atoms with Gasteiger partial charge >= 0.3 is 11.9 Å². The van der Waals surface area contributed by atoms with Crippen LogP contribution in [0.25, 0.3) is 34.4 Å². The molecule has 2 aromatic heterocycles. The lowest BCUT2D eigenvalue weighted by atomic mass is 10.1. The van der Waals surface area contributed by atoms with Gasteiger partial charge in [0.15, 0.2) is 0 Å². The maximum Gasteiger partial charge on any atom is 0.338 e. The van der Waals surface area contributed by atoms with Crippen LogP contribution in [0.1, 0.15) is 32.2 Å². The second kappa shape index (κ2) is 8.05. The average Bonchev–Trinajstić information content (AvgIpc) is 3.25. The third-order valence-corrected chi connectivity index (χ3v) is 4.61. The van der Waals surface area contributed by atoms with Crippen LogP contribution in [0.5, 0.6) is 0 Å². The number of carboxylic acids is 1. The highest BCUT2D eigenvalue weighted by Crippen LogP contribution is 2.27. The number of ether oxygens (including phenoxy) is 1. The molecule has 1 N–H and O–H groups in total. The molecule has 0 aliphatic heterocycles. The molecular formula is C24H17NO5. The minimum Gasteiger partial charge on any atom is -0.478 e. The molecule has 30 heavy (non-hydrogen) atoms. The van der Waals surface area contributed by atoms with Gasteiger partial charge in [-0.25, -0.2) is 14.6 Å². The minimum atomic E-state index is -1.01. The first-order chi connectivity index (χ1) is 14.6. The monoisotopic (exact) mass is 399 g/mol. The van der Waals surface area contributed by atoms with E-state index in [2.05, 4.69) is 4.98 Å². The van der Waals surface area contributed by atoms with Gasteiger partial charge in [-0.3, -0.25) is 0 Å². The predicted octanol–water partition coefficient (Wildman–Crippen LogP) is 5.15. The number of methoxy groups -OCH3 is 1. The molecule has 0 spiro atoms. The highest BCUT2D eigenvalue weighted by Gasteiger charge is 2.15. The average molecular weight is 399 g/mol. The number of benzene rings is 2. The summed E-state index contributed by atoms with van der Waals surface area (Å²) in [5, 5.41) is 10.1. The van der Waals surface area contributed by atoms with E-state index in [0.29, 0.717) is 39.2 Å². The van der Waals surface area contributed by atoms with Gasteiger partial charge in [0.05, 0.1) is 29.4 Å². The second-order valence-electron chi connectivity index (χ2n) is 6.49. The van der Waals surface area contributed by atoms with Crippen molar-refractivity contribution in [2.45, 2.75) is 0 Å². The molecule has 0 radical (unpaired) electrons. The smallest absolute Gasteiger partial charge is 0.338 e. The summed E-state index contributed by atoms with van der Waals surface area (Å²) >= 11 is 0. The maximum absolute atomic E-state index is 12.0. The van der Waals surface area contributed by atoms with Gasteiger partial charge in [0.2, 0.25) is 0 Å². The van der Waals surface area contributed by atoms with Crippen LogP contribution < -0.4 is 0 Å². The molecule has 2 aromatic carbocycles. The Bertz CT molecular complexity index is 1290. The van der Waals surface area contributed by atoms with Gasteiger partial charge in [0, 0.05) is 10.9 Å². The van der Waals surface area contributed by atoms with Gasteiger partial charge in [-0.05, 0) is 42.5 Å². The van der Waals surface area contributed by atoms with E-state index >= 15 is 0 Å². The number of rotatable bonds is 5. The topological polar surface area (TPSA) is 89.6 Å². The van der Waals surface area contributed by atoms with Crippen molar-refractivity contribution in [3.05, 3.63) is 89.3 Å². The first kappa shape index (κ1) is 19.1. The first-order valence-corrected chi connectivity index (χ1v) is 9.15. The van der Waals surface area contributed by atoms with Gasteiger partial charge in [-0.1, -0.05) is 36.4 Å². The van der Waals surface area contributed by atoms with Crippen LogP contribution in [0.4, 0.5) is 0 Å². The van der Waals surface area contributed by atoms with Gasteiger partial charge < -0.3 is 14.3 Å². The highest BCUT2D eigenvalue weighted by atomic mass is 16.5. The summed E-state index contributed by atoms with van der Waals surface area (Å²) in [6.07, 6.45) is 3.39. The molecule has 148 valence electrons. The molecule has 6 nitrogen and oxygen atoms in total. The Balaban J connectivity index is 1.67. The zero-order valence-electron chi connectivity index (χ0n) is 16.0. The Hall–Kier alpha value is -4.19. The fourth-order valence-electron chi connectivity index (χ4n) is 3.20. The zero-order chi connectivity index (χ0) is 21.1. The van der Waals surface area contributed by atoms with E-state index in [9.17, 15) is 14.7 Å². The molecule has 0 fully saturated rings.